The van der Waals surface area contributed by atoms with Crippen molar-refractivity contribution in [3.05, 3.63) is 87.6 Å². The van der Waals surface area contributed by atoms with Crippen LogP contribution in [0.15, 0.2) is 66.0 Å². The lowest BCUT2D eigenvalue weighted by molar-refractivity contribution is -0.127. The molecule has 4 rings (SSSR count). The second-order valence-electron chi connectivity index (χ2n) is 8.92. The molecule has 1 heterocycles. The number of thiophene rings is 1. The van der Waals surface area contributed by atoms with Crippen molar-refractivity contribution < 1.29 is 14.3 Å². The van der Waals surface area contributed by atoms with E-state index in [1.54, 1.807) is 12.0 Å². The van der Waals surface area contributed by atoms with Crippen molar-refractivity contribution in [1.29, 1.82) is 0 Å². The molecule has 0 aliphatic heterocycles. The van der Waals surface area contributed by atoms with Crippen LogP contribution < -0.4 is 10.1 Å². The maximum atomic E-state index is 13.8. The van der Waals surface area contributed by atoms with Gasteiger partial charge in [-0.3, -0.25) is 9.59 Å². The summed E-state index contributed by atoms with van der Waals surface area (Å²) in [5.74, 6) is 0.439. The van der Waals surface area contributed by atoms with Crippen LogP contribution in [0.4, 0.5) is 0 Å². The van der Waals surface area contributed by atoms with E-state index in [9.17, 15) is 9.59 Å². The normalized spacial score (nSPS) is 14.9. The first kappa shape index (κ1) is 24.0. The van der Waals surface area contributed by atoms with Crippen LogP contribution >= 0.6 is 11.3 Å². The third-order valence-electron chi connectivity index (χ3n) is 6.41. The summed E-state index contributed by atoms with van der Waals surface area (Å²) in [6, 6.07) is 18.7. The fraction of sp³-hybridized carbons (Fsp3) is 0.357. The number of nitrogens with zero attached hydrogens (tertiary/aromatic N) is 1. The number of rotatable bonds is 8. The summed E-state index contributed by atoms with van der Waals surface area (Å²) < 4.78 is 5.33. The first-order valence-electron chi connectivity index (χ1n) is 11.9. The number of amides is 2. The Bertz CT molecular complexity index is 1070. The molecule has 0 radical (unpaired) electrons. The van der Waals surface area contributed by atoms with E-state index in [-0.39, 0.29) is 17.9 Å². The summed E-state index contributed by atoms with van der Waals surface area (Å²) in [5.41, 5.74) is 2.91. The first-order chi connectivity index (χ1) is 16.5. The molecule has 0 bridgehead atoms. The van der Waals surface area contributed by atoms with Crippen LogP contribution in [0, 0.1) is 6.92 Å². The van der Waals surface area contributed by atoms with E-state index in [0.29, 0.717) is 17.2 Å². The van der Waals surface area contributed by atoms with E-state index in [4.69, 9.17) is 4.74 Å². The number of hydrogen-bond donors (Lipinski definition) is 1. The van der Waals surface area contributed by atoms with Gasteiger partial charge in [-0.15, -0.1) is 11.3 Å². The fourth-order valence-corrected chi connectivity index (χ4v) is 5.18. The van der Waals surface area contributed by atoms with Crippen LogP contribution in [0.5, 0.6) is 5.75 Å². The molecule has 34 heavy (non-hydrogen) atoms. The highest BCUT2D eigenvalue weighted by Gasteiger charge is 2.34. The van der Waals surface area contributed by atoms with Crippen molar-refractivity contribution in [2.75, 3.05) is 7.11 Å². The van der Waals surface area contributed by atoms with E-state index >= 15 is 0 Å². The van der Waals surface area contributed by atoms with Gasteiger partial charge in [0.15, 0.2) is 0 Å². The van der Waals surface area contributed by atoms with Crippen molar-refractivity contribution >= 4 is 23.2 Å². The van der Waals surface area contributed by atoms with Gasteiger partial charge < -0.3 is 15.0 Å². The summed E-state index contributed by atoms with van der Waals surface area (Å²) in [4.78, 5) is 29.9. The molecule has 1 saturated carbocycles. The zero-order chi connectivity index (χ0) is 23.9. The Hall–Kier alpha value is -3.12. The number of carbonyl (C=O) groups is 2. The average molecular weight is 477 g/mol. The van der Waals surface area contributed by atoms with Gasteiger partial charge in [0.1, 0.15) is 11.8 Å². The molecule has 0 spiro atoms. The standard InChI is InChI=1S/C28H32N2O3S/c1-20-10-12-21(13-11-20)19-30(28(32)25-9-6-18-34-25)26(22-14-16-24(33-2)17-15-22)27(31)29-23-7-4-3-5-8-23/h6,9-18,23,26H,3-5,7-8,19H2,1-2H3,(H,29,31)/t26-/m0/s1. The topological polar surface area (TPSA) is 58.6 Å². The molecule has 2 amide bonds. The minimum Gasteiger partial charge on any atom is -0.497 e. The molecule has 1 aromatic heterocycles. The number of methoxy groups -OCH3 is 1. The van der Waals surface area contributed by atoms with Gasteiger partial charge in [0, 0.05) is 12.6 Å². The molecule has 178 valence electrons. The molecule has 2 aromatic carbocycles. The van der Waals surface area contributed by atoms with E-state index in [1.807, 2.05) is 73.0 Å². The molecule has 1 aliphatic carbocycles. The van der Waals surface area contributed by atoms with Gasteiger partial charge in [-0.05, 0) is 54.5 Å². The lowest BCUT2D eigenvalue weighted by Gasteiger charge is -2.33. The van der Waals surface area contributed by atoms with Gasteiger partial charge in [0.05, 0.1) is 12.0 Å². The Kier molecular flexibility index (Phi) is 8.01. The third-order valence-corrected chi connectivity index (χ3v) is 7.27. The van der Waals surface area contributed by atoms with Crippen LogP contribution in [-0.2, 0) is 11.3 Å². The Balaban J connectivity index is 1.72. The Morgan fingerprint density at radius 1 is 1.03 bits per heavy atom. The summed E-state index contributed by atoms with van der Waals surface area (Å²) in [7, 11) is 1.62. The number of carbonyl (C=O) groups excluding carboxylic acids is 2. The predicted molar refractivity (Wildman–Crippen MR) is 136 cm³/mol. The zero-order valence-electron chi connectivity index (χ0n) is 19.8. The lowest BCUT2D eigenvalue weighted by Crippen LogP contribution is -2.46. The van der Waals surface area contributed by atoms with Gasteiger partial charge >= 0.3 is 0 Å². The van der Waals surface area contributed by atoms with Crippen LogP contribution in [0.25, 0.3) is 0 Å². The Morgan fingerprint density at radius 3 is 2.35 bits per heavy atom. The summed E-state index contributed by atoms with van der Waals surface area (Å²) in [6.07, 6.45) is 5.43. The summed E-state index contributed by atoms with van der Waals surface area (Å²) >= 11 is 1.40. The van der Waals surface area contributed by atoms with Crippen molar-refractivity contribution in [2.24, 2.45) is 0 Å². The molecule has 3 aromatic rings. The van der Waals surface area contributed by atoms with E-state index in [2.05, 4.69) is 5.32 Å². The highest BCUT2D eigenvalue weighted by Crippen LogP contribution is 2.29. The van der Waals surface area contributed by atoms with Gasteiger partial charge in [-0.25, -0.2) is 0 Å². The molecule has 6 heteroatoms. The number of hydrogen-bond acceptors (Lipinski definition) is 4. The van der Waals surface area contributed by atoms with Crippen LogP contribution in [0.3, 0.4) is 0 Å². The molecule has 0 unspecified atom stereocenters. The number of ether oxygens (including phenoxy) is 1. The monoisotopic (exact) mass is 476 g/mol. The Morgan fingerprint density at radius 2 is 1.74 bits per heavy atom. The van der Waals surface area contributed by atoms with Crippen LogP contribution in [0.1, 0.15) is 64.5 Å². The molecule has 1 fully saturated rings. The largest absolute Gasteiger partial charge is 0.497 e. The highest BCUT2D eigenvalue weighted by molar-refractivity contribution is 7.12. The van der Waals surface area contributed by atoms with Gasteiger partial charge in [-0.1, -0.05) is 67.3 Å². The van der Waals surface area contributed by atoms with Crippen molar-refractivity contribution in [3.63, 3.8) is 0 Å². The second-order valence-corrected chi connectivity index (χ2v) is 9.86. The Labute approximate surface area is 205 Å². The lowest BCUT2D eigenvalue weighted by atomic mass is 9.94. The molecule has 1 N–H and O–H groups in total. The van der Waals surface area contributed by atoms with Crippen LogP contribution in [0.2, 0.25) is 0 Å². The van der Waals surface area contributed by atoms with Gasteiger partial charge in [-0.2, -0.15) is 0 Å². The maximum Gasteiger partial charge on any atom is 0.265 e. The fourth-order valence-electron chi connectivity index (χ4n) is 4.50. The van der Waals surface area contributed by atoms with Crippen molar-refractivity contribution in [3.8, 4) is 5.75 Å². The smallest absolute Gasteiger partial charge is 0.265 e. The third kappa shape index (κ3) is 5.86. The van der Waals surface area contributed by atoms with E-state index < -0.39 is 6.04 Å². The van der Waals surface area contributed by atoms with Crippen molar-refractivity contribution in [2.45, 2.75) is 57.7 Å². The van der Waals surface area contributed by atoms with Crippen molar-refractivity contribution in [1.82, 2.24) is 10.2 Å². The number of aryl methyl sites for hydroxylation is 1. The number of benzene rings is 2. The SMILES string of the molecule is COc1ccc([C@@H](C(=O)NC2CCCCC2)N(Cc2ccc(C)cc2)C(=O)c2cccs2)cc1. The van der Waals surface area contributed by atoms with Gasteiger partial charge in [0.2, 0.25) is 5.91 Å². The molecule has 5 nitrogen and oxygen atoms in total. The maximum absolute atomic E-state index is 13.8. The molecular formula is C28H32N2O3S. The van der Waals surface area contributed by atoms with Gasteiger partial charge in [0.25, 0.3) is 5.91 Å². The molecule has 1 atom stereocenters. The molecule has 1 aliphatic rings. The predicted octanol–water partition coefficient (Wildman–Crippen LogP) is 5.90. The minimum absolute atomic E-state index is 0.130. The summed E-state index contributed by atoms with van der Waals surface area (Å²) in [6.45, 7) is 2.38. The zero-order valence-corrected chi connectivity index (χ0v) is 20.6. The molecular weight excluding hydrogens is 444 g/mol. The van der Waals surface area contributed by atoms with E-state index in [1.165, 1.54) is 17.8 Å². The molecule has 0 saturated heterocycles. The summed E-state index contributed by atoms with van der Waals surface area (Å²) in [5, 5.41) is 5.15. The minimum atomic E-state index is -0.747. The highest BCUT2D eigenvalue weighted by atomic mass is 32.1. The quantitative estimate of drug-likeness (QED) is 0.440. The first-order valence-corrected chi connectivity index (χ1v) is 12.8. The second kappa shape index (κ2) is 11.3. The van der Waals surface area contributed by atoms with Crippen LogP contribution in [-0.4, -0.2) is 29.9 Å². The van der Waals surface area contributed by atoms with E-state index in [0.717, 1.165) is 42.4 Å². The average Bonchev–Trinajstić information content (AvgIpc) is 3.41. The number of nitrogens with one attached hydrogen (secondary N) is 1.